The lowest BCUT2D eigenvalue weighted by Gasteiger charge is -2.33. The summed E-state index contributed by atoms with van der Waals surface area (Å²) in [5, 5.41) is 16.4. The lowest BCUT2D eigenvalue weighted by Crippen LogP contribution is -2.62. The number of piperazine rings is 1. The van der Waals surface area contributed by atoms with Crippen LogP contribution in [0.5, 0.6) is 0 Å². The molecule has 0 aliphatic carbocycles. The zero-order chi connectivity index (χ0) is 16.2. The predicted molar refractivity (Wildman–Crippen MR) is 72.4 cm³/mol. The number of urea groups is 1. The van der Waals surface area contributed by atoms with Crippen LogP contribution in [0.1, 0.15) is 13.8 Å². The van der Waals surface area contributed by atoms with Crippen LogP contribution in [-0.2, 0) is 14.4 Å². The van der Waals surface area contributed by atoms with Crippen molar-refractivity contribution in [3.8, 4) is 0 Å². The summed E-state index contributed by atoms with van der Waals surface area (Å²) in [6, 6.07) is -1.81. The minimum absolute atomic E-state index is 0.0238. The molecule has 1 unspecified atom stereocenters. The number of carboxylic acid groups (broad SMARTS) is 1. The maximum atomic E-state index is 12.1. The summed E-state index contributed by atoms with van der Waals surface area (Å²) < 4.78 is 0. The zero-order valence-corrected chi connectivity index (χ0v) is 12.2. The zero-order valence-electron chi connectivity index (χ0n) is 12.2. The summed E-state index contributed by atoms with van der Waals surface area (Å²) in [5.74, 6) is -1.88. The molecule has 1 fully saturated rings. The first-order chi connectivity index (χ1) is 9.69. The Morgan fingerprint density at radius 1 is 1.43 bits per heavy atom. The highest BCUT2D eigenvalue weighted by Crippen LogP contribution is 2.14. The van der Waals surface area contributed by atoms with E-state index in [0.717, 1.165) is 4.90 Å². The molecule has 9 heteroatoms. The molecule has 0 saturated carbocycles. The van der Waals surface area contributed by atoms with E-state index in [4.69, 9.17) is 5.11 Å². The van der Waals surface area contributed by atoms with E-state index in [9.17, 15) is 19.2 Å². The van der Waals surface area contributed by atoms with Gasteiger partial charge in [0.15, 0.2) is 0 Å². The van der Waals surface area contributed by atoms with Gasteiger partial charge in [0.2, 0.25) is 11.8 Å². The standard InChI is InChI=1S/C12H20N4O5/c1-12(2,10(20)13-3)6-15-11(21)16-5-8(17)14-4-7(16)9(18)19/h7H,4-6H2,1-3H3,(H,13,20)(H,14,17)(H,15,21)(H,18,19). The first-order valence-corrected chi connectivity index (χ1v) is 6.45. The molecule has 0 aromatic heterocycles. The van der Waals surface area contributed by atoms with Gasteiger partial charge in [-0.3, -0.25) is 14.5 Å². The largest absolute Gasteiger partial charge is 0.480 e. The SMILES string of the molecule is CNC(=O)C(C)(C)CNC(=O)N1CC(=O)NCC1C(=O)O. The molecule has 4 amide bonds. The van der Waals surface area contributed by atoms with E-state index in [1.165, 1.54) is 7.05 Å². The van der Waals surface area contributed by atoms with Crippen LogP contribution in [0.4, 0.5) is 4.79 Å². The lowest BCUT2D eigenvalue weighted by atomic mass is 9.92. The van der Waals surface area contributed by atoms with Gasteiger partial charge in [0.25, 0.3) is 0 Å². The second-order valence-corrected chi connectivity index (χ2v) is 5.41. The molecule has 0 bridgehead atoms. The monoisotopic (exact) mass is 300 g/mol. The van der Waals surface area contributed by atoms with E-state index in [1.807, 2.05) is 0 Å². The third-order valence-corrected chi connectivity index (χ3v) is 3.25. The van der Waals surface area contributed by atoms with Gasteiger partial charge < -0.3 is 21.1 Å². The Morgan fingerprint density at radius 2 is 2.05 bits per heavy atom. The molecule has 0 aromatic carbocycles. The summed E-state index contributed by atoms with van der Waals surface area (Å²) in [7, 11) is 1.49. The highest BCUT2D eigenvalue weighted by molar-refractivity contribution is 5.91. The van der Waals surface area contributed by atoms with Gasteiger partial charge in [-0.25, -0.2) is 9.59 Å². The number of hydrogen-bond acceptors (Lipinski definition) is 4. The lowest BCUT2D eigenvalue weighted by molar-refractivity contribution is -0.144. The van der Waals surface area contributed by atoms with E-state index < -0.39 is 29.4 Å². The summed E-state index contributed by atoms with van der Waals surface area (Å²) in [6.07, 6.45) is 0. The van der Waals surface area contributed by atoms with Crippen molar-refractivity contribution in [2.45, 2.75) is 19.9 Å². The van der Waals surface area contributed by atoms with E-state index in [-0.39, 0.29) is 25.5 Å². The molecule has 1 saturated heterocycles. The van der Waals surface area contributed by atoms with Gasteiger partial charge in [-0.2, -0.15) is 0 Å². The van der Waals surface area contributed by atoms with Crippen molar-refractivity contribution in [3.63, 3.8) is 0 Å². The van der Waals surface area contributed by atoms with Gasteiger partial charge in [-0.15, -0.1) is 0 Å². The molecule has 1 atom stereocenters. The normalized spacial score (nSPS) is 18.7. The highest BCUT2D eigenvalue weighted by Gasteiger charge is 2.36. The molecule has 1 rings (SSSR count). The number of carbonyl (C=O) groups is 4. The fourth-order valence-electron chi connectivity index (χ4n) is 1.89. The van der Waals surface area contributed by atoms with Gasteiger partial charge in [0, 0.05) is 20.1 Å². The first-order valence-electron chi connectivity index (χ1n) is 6.45. The van der Waals surface area contributed by atoms with Crippen molar-refractivity contribution in [3.05, 3.63) is 0 Å². The fourth-order valence-corrected chi connectivity index (χ4v) is 1.89. The maximum Gasteiger partial charge on any atom is 0.328 e. The number of amides is 4. The van der Waals surface area contributed by atoms with E-state index in [1.54, 1.807) is 13.8 Å². The Morgan fingerprint density at radius 3 is 2.57 bits per heavy atom. The molecule has 9 nitrogen and oxygen atoms in total. The Hall–Kier alpha value is -2.32. The van der Waals surface area contributed by atoms with Crippen LogP contribution in [0.3, 0.4) is 0 Å². The van der Waals surface area contributed by atoms with Crippen molar-refractivity contribution in [1.29, 1.82) is 0 Å². The average Bonchev–Trinajstić information content (AvgIpc) is 2.43. The maximum absolute atomic E-state index is 12.1. The molecule has 21 heavy (non-hydrogen) atoms. The number of hydrogen-bond donors (Lipinski definition) is 4. The fraction of sp³-hybridized carbons (Fsp3) is 0.667. The number of rotatable bonds is 4. The van der Waals surface area contributed by atoms with Crippen LogP contribution >= 0.6 is 0 Å². The van der Waals surface area contributed by atoms with Crippen molar-refractivity contribution in [1.82, 2.24) is 20.9 Å². The summed E-state index contributed by atoms with van der Waals surface area (Å²) in [5.41, 5.74) is -0.846. The Balaban J connectivity index is 2.70. The number of nitrogens with one attached hydrogen (secondary N) is 3. The van der Waals surface area contributed by atoms with Gasteiger partial charge in [0.1, 0.15) is 12.6 Å². The van der Waals surface area contributed by atoms with E-state index in [0.29, 0.717) is 0 Å². The molecular formula is C12H20N4O5. The van der Waals surface area contributed by atoms with Crippen molar-refractivity contribution in [2.24, 2.45) is 5.41 Å². The number of aliphatic carboxylic acids is 1. The van der Waals surface area contributed by atoms with Crippen LogP contribution in [0, 0.1) is 5.41 Å². The van der Waals surface area contributed by atoms with E-state index in [2.05, 4.69) is 16.0 Å². The van der Waals surface area contributed by atoms with Crippen LogP contribution < -0.4 is 16.0 Å². The van der Waals surface area contributed by atoms with Crippen molar-refractivity contribution < 1.29 is 24.3 Å². The summed E-state index contributed by atoms with van der Waals surface area (Å²) in [4.78, 5) is 47.0. The molecule has 4 N–H and O–H groups in total. The van der Waals surface area contributed by atoms with Crippen molar-refractivity contribution in [2.75, 3.05) is 26.7 Å². The predicted octanol–water partition coefficient (Wildman–Crippen LogP) is -1.65. The Kier molecular flexibility index (Phi) is 5.12. The van der Waals surface area contributed by atoms with Gasteiger partial charge in [-0.05, 0) is 13.8 Å². The second-order valence-electron chi connectivity index (χ2n) is 5.41. The minimum atomic E-state index is -1.20. The molecule has 118 valence electrons. The Bertz CT molecular complexity index is 463. The third kappa shape index (κ3) is 4.07. The second kappa shape index (κ2) is 6.42. The number of nitrogens with zero attached hydrogens (tertiary/aromatic N) is 1. The smallest absolute Gasteiger partial charge is 0.328 e. The molecule has 0 radical (unpaired) electrons. The molecule has 1 heterocycles. The number of carbonyl (C=O) groups excluding carboxylic acids is 3. The minimum Gasteiger partial charge on any atom is -0.480 e. The van der Waals surface area contributed by atoms with Crippen molar-refractivity contribution >= 4 is 23.8 Å². The topological polar surface area (TPSA) is 128 Å². The first kappa shape index (κ1) is 16.7. The molecule has 1 aliphatic heterocycles. The van der Waals surface area contributed by atoms with Gasteiger partial charge in [0.05, 0.1) is 5.41 Å². The van der Waals surface area contributed by atoms with Crippen LogP contribution in [0.15, 0.2) is 0 Å². The van der Waals surface area contributed by atoms with Gasteiger partial charge >= 0.3 is 12.0 Å². The number of carboxylic acids is 1. The van der Waals surface area contributed by atoms with Gasteiger partial charge in [-0.1, -0.05) is 0 Å². The Labute approximate surface area is 122 Å². The van der Waals surface area contributed by atoms with Crippen LogP contribution in [0.2, 0.25) is 0 Å². The average molecular weight is 300 g/mol. The highest BCUT2D eigenvalue weighted by atomic mass is 16.4. The molecule has 0 spiro atoms. The summed E-state index contributed by atoms with van der Waals surface area (Å²) in [6.45, 7) is 2.84. The third-order valence-electron chi connectivity index (χ3n) is 3.25. The summed E-state index contributed by atoms with van der Waals surface area (Å²) >= 11 is 0. The van der Waals surface area contributed by atoms with Crippen LogP contribution in [-0.4, -0.2) is 66.5 Å². The van der Waals surface area contributed by atoms with E-state index >= 15 is 0 Å². The van der Waals surface area contributed by atoms with Crippen LogP contribution in [0.25, 0.3) is 0 Å². The molecular weight excluding hydrogens is 280 g/mol. The quantitative estimate of drug-likeness (QED) is 0.495. The molecule has 0 aromatic rings. The molecule has 1 aliphatic rings.